The molecule has 1 aliphatic carbocycles. The average molecular weight is 389 g/mol. The lowest BCUT2D eigenvalue weighted by Gasteiger charge is -2.21. The zero-order valence-electron chi connectivity index (χ0n) is 13.2. The van der Waals surface area contributed by atoms with Gasteiger partial charge in [0.25, 0.3) is 0 Å². The Balaban J connectivity index is 1.89. The van der Waals surface area contributed by atoms with Crippen LogP contribution in [-0.4, -0.2) is 11.6 Å². The van der Waals surface area contributed by atoms with Crippen molar-refractivity contribution in [2.45, 2.75) is 0 Å². The molecule has 0 atom stereocenters. The standard InChI is InChI=1S/C22H13BrO2/c23-15-11-9-14(10-12-15)21(24)13-20-16-5-1-3-7-18(16)22(25)19-8-4-2-6-17(19)20/h1-13H. The van der Waals surface area contributed by atoms with Gasteiger partial charge in [0.1, 0.15) is 0 Å². The van der Waals surface area contributed by atoms with Crippen molar-refractivity contribution in [1.82, 2.24) is 0 Å². The topological polar surface area (TPSA) is 34.1 Å². The van der Waals surface area contributed by atoms with Crippen LogP contribution in [-0.2, 0) is 0 Å². The molecular weight excluding hydrogens is 376 g/mol. The van der Waals surface area contributed by atoms with Crippen molar-refractivity contribution in [2.24, 2.45) is 0 Å². The normalized spacial score (nSPS) is 12.4. The van der Waals surface area contributed by atoms with E-state index < -0.39 is 0 Å². The number of carbonyl (C=O) groups excluding carboxylic acids is 2. The van der Waals surface area contributed by atoms with Crippen LogP contribution < -0.4 is 0 Å². The molecule has 120 valence electrons. The van der Waals surface area contributed by atoms with Gasteiger partial charge in [-0.05, 0) is 47.0 Å². The van der Waals surface area contributed by atoms with Gasteiger partial charge in [0.15, 0.2) is 11.6 Å². The van der Waals surface area contributed by atoms with Gasteiger partial charge in [-0.15, -0.1) is 0 Å². The van der Waals surface area contributed by atoms with Gasteiger partial charge in [0, 0.05) is 21.2 Å². The van der Waals surface area contributed by atoms with Crippen molar-refractivity contribution in [3.05, 3.63) is 111 Å². The Morgan fingerprint density at radius 2 is 1.20 bits per heavy atom. The summed E-state index contributed by atoms with van der Waals surface area (Å²) in [5, 5.41) is 0. The molecule has 0 saturated carbocycles. The van der Waals surface area contributed by atoms with Crippen molar-refractivity contribution in [1.29, 1.82) is 0 Å². The van der Waals surface area contributed by atoms with E-state index in [1.807, 2.05) is 60.7 Å². The molecule has 3 aromatic rings. The highest BCUT2D eigenvalue weighted by atomic mass is 79.9. The van der Waals surface area contributed by atoms with Crippen LogP contribution in [0.5, 0.6) is 0 Å². The lowest BCUT2D eigenvalue weighted by atomic mass is 9.81. The predicted molar refractivity (Wildman–Crippen MR) is 102 cm³/mol. The van der Waals surface area contributed by atoms with Gasteiger partial charge in [0.05, 0.1) is 0 Å². The Hall–Kier alpha value is -2.78. The first kappa shape index (κ1) is 15.7. The maximum atomic E-state index is 12.7. The van der Waals surface area contributed by atoms with Crippen molar-refractivity contribution >= 4 is 33.1 Å². The van der Waals surface area contributed by atoms with Gasteiger partial charge >= 0.3 is 0 Å². The van der Waals surface area contributed by atoms with Gasteiger partial charge in [-0.2, -0.15) is 0 Å². The number of halogens is 1. The van der Waals surface area contributed by atoms with Crippen LogP contribution in [0, 0.1) is 0 Å². The molecule has 2 nitrogen and oxygen atoms in total. The quantitative estimate of drug-likeness (QED) is 0.344. The van der Waals surface area contributed by atoms with E-state index in [0.29, 0.717) is 16.7 Å². The molecule has 0 aliphatic heterocycles. The van der Waals surface area contributed by atoms with Crippen LogP contribution in [0.1, 0.15) is 37.4 Å². The summed E-state index contributed by atoms with van der Waals surface area (Å²) >= 11 is 3.38. The molecule has 1 aliphatic rings. The first-order valence-corrected chi connectivity index (χ1v) is 8.69. The summed E-state index contributed by atoms with van der Waals surface area (Å²) in [6, 6.07) is 22.1. The monoisotopic (exact) mass is 388 g/mol. The van der Waals surface area contributed by atoms with Crippen LogP contribution in [0.2, 0.25) is 0 Å². The smallest absolute Gasteiger partial charge is 0.194 e. The molecule has 3 heteroatoms. The molecule has 0 saturated heterocycles. The number of carbonyl (C=O) groups is 2. The Labute approximate surface area is 154 Å². The zero-order valence-corrected chi connectivity index (χ0v) is 14.8. The summed E-state index contributed by atoms with van der Waals surface area (Å²) in [7, 11) is 0. The Kier molecular flexibility index (Phi) is 3.94. The Morgan fingerprint density at radius 1 is 0.720 bits per heavy atom. The van der Waals surface area contributed by atoms with Crippen LogP contribution in [0.15, 0.2) is 83.3 Å². The maximum Gasteiger partial charge on any atom is 0.194 e. The first-order chi connectivity index (χ1) is 12.1. The zero-order chi connectivity index (χ0) is 17.4. The van der Waals surface area contributed by atoms with Gasteiger partial charge in [-0.25, -0.2) is 0 Å². The molecule has 25 heavy (non-hydrogen) atoms. The number of hydrogen-bond donors (Lipinski definition) is 0. The second kappa shape index (κ2) is 6.26. The summed E-state index contributed by atoms with van der Waals surface area (Å²) in [5.41, 5.74) is 4.28. The molecule has 0 N–H and O–H groups in total. The number of fused-ring (bicyclic) bond motifs is 2. The van der Waals surface area contributed by atoms with E-state index in [-0.39, 0.29) is 11.6 Å². The lowest BCUT2D eigenvalue weighted by Crippen LogP contribution is -2.15. The minimum Gasteiger partial charge on any atom is -0.289 e. The highest BCUT2D eigenvalue weighted by molar-refractivity contribution is 9.10. The minimum atomic E-state index is -0.0820. The number of ketones is 2. The summed E-state index contributed by atoms with van der Waals surface area (Å²) in [6.45, 7) is 0. The van der Waals surface area contributed by atoms with Gasteiger partial charge in [-0.1, -0.05) is 64.5 Å². The Morgan fingerprint density at radius 3 is 1.72 bits per heavy atom. The van der Waals surface area contributed by atoms with Crippen molar-refractivity contribution in [3.63, 3.8) is 0 Å². The summed E-state index contributed by atoms with van der Waals surface area (Å²) in [6.07, 6.45) is 1.63. The molecule has 0 bridgehead atoms. The molecular formula is C22H13BrO2. The van der Waals surface area contributed by atoms with Crippen molar-refractivity contribution < 1.29 is 9.59 Å². The van der Waals surface area contributed by atoms with E-state index in [9.17, 15) is 9.59 Å². The average Bonchev–Trinajstić information content (AvgIpc) is 2.65. The maximum absolute atomic E-state index is 12.7. The fourth-order valence-corrected chi connectivity index (χ4v) is 3.37. The van der Waals surface area contributed by atoms with Crippen LogP contribution in [0.3, 0.4) is 0 Å². The number of benzene rings is 3. The predicted octanol–water partition coefficient (Wildman–Crippen LogP) is 5.31. The van der Waals surface area contributed by atoms with Crippen molar-refractivity contribution in [2.75, 3.05) is 0 Å². The third-order valence-electron chi connectivity index (χ3n) is 4.33. The molecule has 0 unspecified atom stereocenters. The summed E-state index contributed by atoms with van der Waals surface area (Å²) in [5.74, 6) is -0.0825. The van der Waals surface area contributed by atoms with E-state index in [2.05, 4.69) is 15.9 Å². The molecule has 0 aromatic heterocycles. The molecule has 4 rings (SSSR count). The van der Waals surface area contributed by atoms with Crippen molar-refractivity contribution in [3.8, 4) is 0 Å². The SMILES string of the molecule is O=C(C=C1c2ccccc2C(=O)c2ccccc21)c1ccc(Br)cc1. The fourth-order valence-electron chi connectivity index (χ4n) is 3.11. The van der Waals surface area contributed by atoms with E-state index in [1.165, 1.54) is 0 Å². The molecule has 0 radical (unpaired) electrons. The number of hydrogen-bond acceptors (Lipinski definition) is 2. The highest BCUT2D eigenvalue weighted by Gasteiger charge is 2.26. The molecule has 0 spiro atoms. The van der Waals surface area contributed by atoms with E-state index in [4.69, 9.17) is 0 Å². The van der Waals surface area contributed by atoms with Gasteiger partial charge in [0.2, 0.25) is 0 Å². The van der Waals surface area contributed by atoms with E-state index in [1.54, 1.807) is 18.2 Å². The molecule has 0 fully saturated rings. The summed E-state index contributed by atoms with van der Waals surface area (Å²) in [4.78, 5) is 25.5. The van der Waals surface area contributed by atoms with Crippen LogP contribution in [0.4, 0.5) is 0 Å². The van der Waals surface area contributed by atoms with Gasteiger partial charge in [-0.3, -0.25) is 9.59 Å². The molecule has 0 heterocycles. The van der Waals surface area contributed by atoms with E-state index >= 15 is 0 Å². The van der Waals surface area contributed by atoms with Crippen LogP contribution in [0.25, 0.3) is 5.57 Å². The number of rotatable bonds is 2. The second-order valence-corrected chi connectivity index (χ2v) is 6.77. The third-order valence-corrected chi connectivity index (χ3v) is 4.86. The summed E-state index contributed by atoms with van der Waals surface area (Å²) < 4.78 is 0.927. The molecule has 3 aromatic carbocycles. The molecule has 0 amide bonds. The third kappa shape index (κ3) is 2.77. The largest absolute Gasteiger partial charge is 0.289 e. The lowest BCUT2D eigenvalue weighted by molar-refractivity contribution is 0.103. The van der Waals surface area contributed by atoms with Gasteiger partial charge < -0.3 is 0 Å². The highest BCUT2D eigenvalue weighted by Crippen LogP contribution is 2.35. The van der Waals surface area contributed by atoms with Crippen LogP contribution >= 0.6 is 15.9 Å². The second-order valence-electron chi connectivity index (χ2n) is 5.85. The number of allylic oxidation sites excluding steroid dienone is 1. The fraction of sp³-hybridized carbons (Fsp3) is 0. The minimum absolute atomic E-state index is 0.000518. The first-order valence-electron chi connectivity index (χ1n) is 7.90. The van der Waals surface area contributed by atoms with E-state index in [0.717, 1.165) is 21.2 Å². The Bertz CT molecular complexity index is 978.